The fourth-order valence-electron chi connectivity index (χ4n) is 4.71. The minimum atomic E-state index is -0.302. The fraction of sp³-hybridized carbons (Fsp3) is 0.179. The van der Waals surface area contributed by atoms with Crippen LogP contribution in [0.5, 0.6) is 0 Å². The second-order valence-electron chi connectivity index (χ2n) is 9.22. The van der Waals surface area contributed by atoms with Crippen molar-refractivity contribution in [2.24, 2.45) is 0 Å². The number of benzene rings is 3. The number of hydrogen-bond donors (Lipinski definition) is 0. The standard InChI is InChI=1S/C28H23Cl3N6O/c1-34-13-15-35(16-14-34)28-32-24-26(37(28)20-5-3-2-4-6-20)33-25(22-12-9-19(30)17-23(22)31)36(27(24)38)21-10-7-18(29)8-11-21/h2-12,17H,13-16H2,1H3. The van der Waals surface area contributed by atoms with E-state index in [1.807, 2.05) is 34.9 Å². The summed E-state index contributed by atoms with van der Waals surface area (Å²) in [6, 6.07) is 22.0. The molecule has 0 saturated carbocycles. The first kappa shape index (κ1) is 24.9. The summed E-state index contributed by atoms with van der Waals surface area (Å²) >= 11 is 19.0. The summed E-state index contributed by atoms with van der Waals surface area (Å²) in [7, 11) is 2.10. The molecule has 0 bridgehead atoms. The number of piperazine rings is 1. The van der Waals surface area contributed by atoms with Crippen molar-refractivity contribution in [2.75, 3.05) is 38.1 Å². The molecular weight excluding hydrogens is 543 g/mol. The van der Waals surface area contributed by atoms with Gasteiger partial charge in [0.25, 0.3) is 5.56 Å². The maximum absolute atomic E-state index is 14.2. The van der Waals surface area contributed by atoms with Crippen LogP contribution in [0.3, 0.4) is 0 Å². The summed E-state index contributed by atoms with van der Waals surface area (Å²) in [5.41, 5.74) is 2.47. The van der Waals surface area contributed by atoms with Gasteiger partial charge in [0.15, 0.2) is 17.0 Å². The van der Waals surface area contributed by atoms with Crippen molar-refractivity contribution < 1.29 is 0 Å². The van der Waals surface area contributed by atoms with Crippen molar-refractivity contribution in [1.29, 1.82) is 0 Å². The van der Waals surface area contributed by atoms with Gasteiger partial charge in [0.2, 0.25) is 5.95 Å². The monoisotopic (exact) mass is 564 g/mol. The molecule has 1 aliphatic rings. The van der Waals surface area contributed by atoms with Gasteiger partial charge in [-0.2, -0.15) is 0 Å². The molecular formula is C28H23Cl3N6O. The highest BCUT2D eigenvalue weighted by atomic mass is 35.5. The van der Waals surface area contributed by atoms with Gasteiger partial charge in [-0.15, -0.1) is 0 Å². The molecule has 0 N–H and O–H groups in total. The van der Waals surface area contributed by atoms with E-state index in [0.717, 1.165) is 31.9 Å². The third kappa shape index (κ3) is 4.46. The molecule has 10 heteroatoms. The van der Waals surface area contributed by atoms with Gasteiger partial charge in [-0.1, -0.05) is 53.0 Å². The zero-order chi connectivity index (χ0) is 26.4. The predicted octanol–water partition coefficient (Wildman–Crippen LogP) is 5.95. The minimum Gasteiger partial charge on any atom is -0.339 e. The quantitative estimate of drug-likeness (QED) is 0.270. The first-order valence-electron chi connectivity index (χ1n) is 12.2. The molecule has 6 rings (SSSR count). The molecule has 0 aliphatic carbocycles. The maximum atomic E-state index is 14.2. The van der Waals surface area contributed by atoms with Crippen LogP contribution >= 0.6 is 34.8 Å². The van der Waals surface area contributed by atoms with Crippen molar-refractivity contribution in [3.8, 4) is 22.8 Å². The lowest BCUT2D eigenvalue weighted by Crippen LogP contribution is -2.45. The van der Waals surface area contributed by atoms with Crippen molar-refractivity contribution >= 4 is 51.9 Å². The van der Waals surface area contributed by atoms with Crippen LogP contribution in [0.1, 0.15) is 0 Å². The number of nitrogens with zero attached hydrogens (tertiary/aromatic N) is 6. The van der Waals surface area contributed by atoms with Crippen LogP contribution in [0.4, 0.5) is 5.95 Å². The molecule has 1 fully saturated rings. The Bertz CT molecular complexity index is 1690. The third-order valence-electron chi connectivity index (χ3n) is 6.72. The Hall–Kier alpha value is -3.36. The lowest BCUT2D eigenvalue weighted by atomic mass is 10.2. The molecule has 1 saturated heterocycles. The zero-order valence-corrected chi connectivity index (χ0v) is 22.7. The summed E-state index contributed by atoms with van der Waals surface area (Å²) in [6.45, 7) is 3.36. The van der Waals surface area contributed by atoms with Crippen molar-refractivity contribution in [1.82, 2.24) is 24.0 Å². The zero-order valence-electron chi connectivity index (χ0n) is 20.5. The Morgan fingerprint density at radius 2 is 1.39 bits per heavy atom. The molecule has 0 atom stereocenters. The number of fused-ring (bicyclic) bond motifs is 1. The van der Waals surface area contributed by atoms with E-state index in [0.29, 0.717) is 43.7 Å². The van der Waals surface area contributed by atoms with Crippen LogP contribution < -0.4 is 10.5 Å². The second kappa shape index (κ2) is 10.1. The van der Waals surface area contributed by atoms with Crippen molar-refractivity contribution in [3.05, 3.63) is 98.2 Å². The highest BCUT2D eigenvalue weighted by Crippen LogP contribution is 2.33. The lowest BCUT2D eigenvalue weighted by Gasteiger charge is -2.33. The van der Waals surface area contributed by atoms with Gasteiger partial charge in [-0.05, 0) is 61.6 Å². The van der Waals surface area contributed by atoms with E-state index < -0.39 is 0 Å². The van der Waals surface area contributed by atoms with Crippen LogP contribution in [0.15, 0.2) is 77.6 Å². The normalized spacial score (nSPS) is 14.4. The van der Waals surface area contributed by atoms with Crippen LogP contribution in [0.25, 0.3) is 33.9 Å². The summed E-state index contributed by atoms with van der Waals surface area (Å²) in [5, 5.41) is 1.44. The molecule has 0 amide bonds. The van der Waals surface area contributed by atoms with Crippen LogP contribution in [-0.2, 0) is 0 Å². The van der Waals surface area contributed by atoms with Crippen LogP contribution in [0, 0.1) is 0 Å². The molecule has 7 nitrogen and oxygen atoms in total. The van der Waals surface area contributed by atoms with E-state index >= 15 is 0 Å². The number of halogens is 3. The molecule has 0 radical (unpaired) electrons. The van der Waals surface area contributed by atoms with Crippen molar-refractivity contribution in [3.63, 3.8) is 0 Å². The number of imidazole rings is 1. The maximum Gasteiger partial charge on any atom is 0.286 e. The summed E-state index contributed by atoms with van der Waals surface area (Å²) in [5.74, 6) is 1.07. The van der Waals surface area contributed by atoms with Gasteiger partial charge in [0.1, 0.15) is 0 Å². The van der Waals surface area contributed by atoms with E-state index in [2.05, 4.69) is 16.8 Å². The van der Waals surface area contributed by atoms with E-state index in [1.165, 1.54) is 4.57 Å². The van der Waals surface area contributed by atoms with Gasteiger partial charge in [0.05, 0.1) is 16.4 Å². The molecule has 38 heavy (non-hydrogen) atoms. The summed E-state index contributed by atoms with van der Waals surface area (Å²) in [4.78, 5) is 28.7. The van der Waals surface area contributed by atoms with E-state index in [9.17, 15) is 4.79 Å². The van der Waals surface area contributed by atoms with E-state index in [-0.39, 0.29) is 11.1 Å². The van der Waals surface area contributed by atoms with Gasteiger partial charge in [0, 0.05) is 41.8 Å². The Labute approximate surface area is 234 Å². The number of likely N-dealkylation sites (N-methyl/N-ethyl adjacent to an activating group) is 1. The van der Waals surface area contributed by atoms with Crippen molar-refractivity contribution in [2.45, 2.75) is 0 Å². The fourth-order valence-corrected chi connectivity index (χ4v) is 5.33. The average molecular weight is 566 g/mol. The second-order valence-corrected chi connectivity index (χ2v) is 10.5. The molecule has 3 heterocycles. The Morgan fingerprint density at radius 1 is 0.737 bits per heavy atom. The van der Waals surface area contributed by atoms with Gasteiger partial charge in [-0.3, -0.25) is 13.9 Å². The van der Waals surface area contributed by atoms with Gasteiger partial charge >= 0.3 is 0 Å². The highest BCUT2D eigenvalue weighted by molar-refractivity contribution is 6.36. The van der Waals surface area contributed by atoms with Gasteiger partial charge in [-0.25, -0.2) is 9.97 Å². The first-order valence-corrected chi connectivity index (χ1v) is 13.3. The minimum absolute atomic E-state index is 0.270. The number of rotatable bonds is 4. The van der Waals surface area contributed by atoms with E-state index in [1.54, 1.807) is 42.5 Å². The summed E-state index contributed by atoms with van der Waals surface area (Å²) < 4.78 is 3.49. The van der Waals surface area contributed by atoms with Crippen LogP contribution in [0.2, 0.25) is 15.1 Å². The molecule has 0 unspecified atom stereocenters. The molecule has 192 valence electrons. The lowest BCUT2D eigenvalue weighted by molar-refractivity contribution is 0.311. The molecule has 5 aromatic rings. The van der Waals surface area contributed by atoms with Gasteiger partial charge < -0.3 is 9.80 Å². The molecule has 1 aliphatic heterocycles. The Morgan fingerprint density at radius 3 is 2.08 bits per heavy atom. The number of anilines is 1. The predicted molar refractivity (Wildman–Crippen MR) is 155 cm³/mol. The SMILES string of the molecule is CN1CCN(c2nc3c(=O)n(-c4ccc(Cl)cc4)c(-c4ccc(Cl)cc4Cl)nc3n2-c2ccccc2)CC1. The number of aromatic nitrogens is 4. The molecule has 0 spiro atoms. The largest absolute Gasteiger partial charge is 0.339 e. The Balaban J connectivity index is 1.69. The number of para-hydroxylation sites is 1. The summed E-state index contributed by atoms with van der Waals surface area (Å²) in [6.07, 6.45) is 0. The Kier molecular flexibility index (Phi) is 6.61. The first-order chi connectivity index (χ1) is 18.4. The van der Waals surface area contributed by atoms with E-state index in [4.69, 9.17) is 44.8 Å². The molecule has 2 aromatic heterocycles. The van der Waals surface area contributed by atoms with Crippen LogP contribution in [-0.4, -0.2) is 57.2 Å². The highest BCUT2D eigenvalue weighted by Gasteiger charge is 2.27. The number of hydrogen-bond acceptors (Lipinski definition) is 5. The molecule has 3 aromatic carbocycles. The topological polar surface area (TPSA) is 59.2 Å². The average Bonchev–Trinajstić information content (AvgIpc) is 3.30. The third-order valence-corrected chi connectivity index (χ3v) is 7.52. The smallest absolute Gasteiger partial charge is 0.286 e.